The number of thiophene rings is 1. The minimum Gasteiger partial charge on any atom is -0.468 e. The second-order valence-corrected chi connectivity index (χ2v) is 7.60. The van der Waals surface area contributed by atoms with Crippen molar-refractivity contribution in [3.8, 4) is 0 Å². The van der Waals surface area contributed by atoms with Crippen molar-refractivity contribution in [1.29, 1.82) is 0 Å². The molecule has 0 amide bonds. The van der Waals surface area contributed by atoms with Gasteiger partial charge in [0.2, 0.25) is 0 Å². The summed E-state index contributed by atoms with van der Waals surface area (Å²) in [4.78, 5) is 11.5. The summed E-state index contributed by atoms with van der Waals surface area (Å²) < 4.78 is 31.8. The largest absolute Gasteiger partial charge is 0.468 e. The Balaban J connectivity index is 3.01. The number of sulfonamides is 1. The zero-order chi connectivity index (χ0) is 13.9. The third kappa shape index (κ3) is 3.53. The first-order chi connectivity index (χ1) is 8.29. The Kier molecular flexibility index (Phi) is 5.32. The molecule has 5 nitrogen and oxygen atoms in total. The van der Waals surface area contributed by atoms with Crippen LogP contribution in [0.25, 0.3) is 0 Å². The Morgan fingerprint density at radius 3 is 2.50 bits per heavy atom. The number of hydrogen-bond donors (Lipinski definition) is 1. The molecule has 1 aromatic heterocycles. The van der Waals surface area contributed by atoms with Gasteiger partial charge in [0.15, 0.2) is 0 Å². The standard InChI is InChI=1S/C10H14BrNO4S2/c1-6(2)8(9(13)16-3)12-18(14,15)10-7(11)4-5-17-10/h4-6,8,12H,1-3H3/t8-/m0/s1. The highest BCUT2D eigenvalue weighted by molar-refractivity contribution is 9.10. The maximum atomic E-state index is 12.1. The molecule has 1 N–H and O–H groups in total. The fraction of sp³-hybridized carbons (Fsp3) is 0.500. The smallest absolute Gasteiger partial charge is 0.324 e. The van der Waals surface area contributed by atoms with E-state index in [9.17, 15) is 13.2 Å². The van der Waals surface area contributed by atoms with Crippen molar-refractivity contribution in [2.24, 2.45) is 5.92 Å². The normalized spacial score (nSPS) is 13.6. The highest BCUT2D eigenvalue weighted by atomic mass is 79.9. The fourth-order valence-electron chi connectivity index (χ4n) is 1.28. The van der Waals surface area contributed by atoms with Gasteiger partial charge in [0.1, 0.15) is 10.3 Å². The number of ether oxygens (including phenoxy) is 1. The van der Waals surface area contributed by atoms with Crippen molar-refractivity contribution >= 4 is 43.3 Å². The van der Waals surface area contributed by atoms with Gasteiger partial charge < -0.3 is 4.74 Å². The van der Waals surface area contributed by atoms with Gasteiger partial charge in [-0.3, -0.25) is 4.79 Å². The van der Waals surface area contributed by atoms with Gasteiger partial charge in [-0.05, 0) is 33.3 Å². The number of rotatable bonds is 5. The second-order valence-electron chi connectivity index (χ2n) is 3.92. The molecule has 102 valence electrons. The summed E-state index contributed by atoms with van der Waals surface area (Å²) in [5, 5.41) is 1.65. The lowest BCUT2D eigenvalue weighted by molar-refractivity contribution is -0.143. The summed E-state index contributed by atoms with van der Waals surface area (Å²) >= 11 is 4.24. The molecular formula is C10H14BrNO4S2. The van der Waals surface area contributed by atoms with Crippen molar-refractivity contribution in [1.82, 2.24) is 4.72 Å². The van der Waals surface area contributed by atoms with Crippen LogP contribution in [-0.2, 0) is 19.6 Å². The summed E-state index contributed by atoms with van der Waals surface area (Å²) in [6.07, 6.45) is 0. The van der Waals surface area contributed by atoms with Gasteiger partial charge in [-0.2, -0.15) is 4.72 Å². The number of carbonyl (C=O) groups excluding carboxylic acids is 1. The highest BCUT2D eigenvalue weighted by Crippen LogP contribution is 2.27. The Morgan fingerprint density at radius 2 is 2.11 bits per heavy atom. The average Bonchev–Trinajstić information content (AvgIpc) is 2.72. The molecule has 0 aliphatic rings. The van der Waals surface area contributed by atoms with Crippen molar-refractivity contribution < 1.29 is 17.9 Å². The molecule has 1 aromatic rings. The average molecular weight is 356 g/mol. The van der Waals surface area contributed by atoms with Gasteiger partial charge in [0.25, 0.3) is 10.0 Å². The van der Waals surface area contributed by atoms with Gasteiger partial charge in [-0.1, -0.05) is 13.8 Å². The second kappa shape index (κ2) is 6.14. The van der Waals surface area contributed by atoms with Crippen molar-refractivity contribution in [2.45, 2.75) is 24.1 Å². The van der Waals surface area contributed by atoms with Crippen LogP contribution in [0.5, 0.6) is 0 Å². The van der Waals surface area contributed by atoms with Gasteiger partial charge >= 0.3 is 5.97 Å². The molecular weight excluding hydrogens is 342 g/mol. The molecule has 0 fully saturated rings. The van der Waals surface area contributed by atoms with Crippen LogP contribution >= 0.6 is 27.3 Å². The van der Waals surface area contributed by atoms with Crippen molar-refractivity contribution in [3.05, 3.63) is 15.9 Å². The summed E-state index contributed by atoms with van der Waals surface area (Å²) in [6.45, 7) is 3.49. The SMILES string of the molecule is COC(=O)[C@@H](NS(=O)(=O)c1sccc1Br)C(C)C. The van der Waals surface area contributed by atoms with Crippen LogP contribution < -0.4 is 4.72 Å². The maximum Gasteiger partial charge on any atom is 0.324 e. The number of halogens is 1. The molecule has 0 aliphatic carbocycles. The summed E-state index contributed by atoms with van der Waals surface area (Å²) in [5.74, 6) is -0.799. The molecule has 0 spiro atoms. The molecule has 0 unspecified atom stereocenters. The minimum atomic E-state index is -3.73. The quantitative estimate of drug-likeness (QED) is 0.819. The number of esters is 1. The van der Waals surface area contributed by atoms with Crippen LogP contribution in [0.4, 0.5) is 0 Å². The number of nitrogens with one attached hydrogen (secondary N) is 1. The number of carbonyl (C=O) groups is 1. The molecule has 1 heterocycles. The Bertz CT molecular complexity index is 524. The van der Waals surface area contributed by atoms with Gasteiger partial charge in [-0.15, -0.1) is 11.3 Å². The molecule has 0 aromatic carbocycles. The van der Waals surface area contributed by atoms with Crippen LogP contribution in [0.2, 0.25) is 0 Å². The predicted molar refractivity (Wildman–Crippen MR) is 73.0 cm³/mol. The Hall–Kier alpha value is -0.440. The molecule has 0 saturated carbocycles. The van der Waals surface area contributed by atoms with E-state index < -0.39 is 22.0 Å². The van der Waals surface area contributed by atoms with Crippen LogP contribution in [-0.4, -0.2) is 27.5 Å². The van der Waals surface area contributed by atoms with E-state index in [2.05, 4.69) is 25.4 Å². The molecule has 0 saturated heterocycles. The summed E-state index contributed by atoms with van der Waals surface area (Å²) in [6, 6.07) is 0.746. The van der Waals surface area contributed by atoms with E-state index in [0.717, 1.165) is 11.3 Å². The molecule has 1 rings (SSSR count). The first-order valence-corrected chi connectivity index (χ1v) is 8.28. The van der Waals surface area contributed by atoms with Gasteiger partial charge in [-0.25, -0.2) is 8.42 Å². The molecule has 18 heavy (non-hydrogen) atoms. The van der Waals surface area contributed by atoms with E-state index >= 15 is 0 Å². The van der Waals surface area contributed by atoms with Crippen molar-refractivity contribution in [3.63, 3.8) is 0 Å². The van der Waals surface area contributed by atoms with E-state index in [1.54, 1.807) is 25.3 Å². The zero-order valence-corrected chi connectivity index (χ0v) is 13.4. The van der Waals surface area contributed by atoms with Crippen molar-refractivity contribution in [2.75, 3.05) is 7.11 Å². The summed E-state index contributed by atoms with van der Waals surface area (Å²) in [7, 11) is -2.50. The Labute approximate surface area is 119 Å². The lowest BCUT2D eigenvalue weighted by Crippen LogP contribution is -2.44. The number of hydrogen-bond acceptors (Lipinski definition) is 5. The molecule has 1 atom stereocenters. The first-order valence-electron chi connectivity index (χ1n) is 5.12. The third-order valence-corrected chi connectivity index (χ3v) is 6.34. The lowest BCUT2D eigenvalue weighted by atomic mass is 10.1. The molecule has 0 bridgehead atoms. The van der Waals surface area contributed by atoms with E-state index in [1.807, 2.05) is 0 Å². The van der Waals surface area contributed by atoms with Crippen LogP contribution in [0, 0.1) is 5.92 Å². The molecule has 8 heteroatoms. The van der Waals surface area contributed by atoms with Crippen LogP contribution in [0.1, 0.15) is 13.8 Å². The monoisotopic (exact) mass is 355 g/mol. The van der Waals surface area contributed by atoms with Crippen LogP contribution in [0.15, 0.2) is 20.1 Å². The highest BCUT2D eigenvalue weighted by Gasteiger charge is 2.30. The topological polar surface area (TPSA) is 72.5 Å². The summed E-state index contributed by atoms with van der Waals surface area (Å²) in [5.41, 5.74) is 0. The molecule has 0 radical (unpaired) electrons. The first kappa shape index (κ1) is 15.6. The maximum absolute atomic E-state index is 12.1. The molecule has 0 aliphatic heterocycles. The van der Waals surface area contributed by atoms with E-state index in [1.165, 1.54) is 7.11 Å². The van der Waals surface area contributed by atoms with E-state index in [4.69, 9.17) is 0 Å². The van der Waals surface area contributed by atoms with E-state index in [0.29, 0.717) is 4.47 Å². The minimum absolute atomic E-state index is 0.150. The predicted octanol–water partition coefficient (Wildman–Crippen LogP) is 1.99. The van der Waals surface area contributed by atoms with Gasteiger partial charge in [0.05, 0.1) is 7.11 Å². The van der Waals surface area contributed by atoms with Gasteiger partial charge in [0, 0.05) is 4.47 Å². The zero-order valence-electron chi connectivity index (χ0n) is 10.1. The third-order valence-electron chi connectivity index (χ3n) is 2.23. The Morgan fingerprint density at radius 1 is 1.50 bits per heavy atom. The number of methoxy groups -OCH3 is 1. The van der Waals surface area contributed by atoms with E-state index in [-0.39, 0.29) is 10.1 Å². The fourth-order valence-corrected chi connectivity index (χ4v) is 4.96. The lowest BCUT2D eigenvalue weighted by Gasteiger charge is -2.19. The van der Waals surface area contributed by atoms with Crippen LogP contribution in [0.3, 0.4) is 0 Å².